The van der Waals surface area contributed by atoms with Gasteiger partial charge in [-0.25, -0.2) is 0 Å². The van der Waals surface area contributed by atoms with E-state index in [1.807, 2.05) is 6.92 Å². The van der Waals surface area contributed by atoms with E-state index in [0.29, 0.717) is 5.88 Å². The van der Waals surface area contributed by atoms with Gasteiger partial charge in [-0.2, -0.15) is 0 Å². The van der Waals surface area contributed by atoms with Crippen LogP contribution in [0.15, 0.2) is 0 Å². The van der Waals surface area contributed by atoms with Crippen LogP contribution in [-0.4, -0.2) is 24.3 Å². The summed E-state index contributed by atoms with van der Waals surface area (Å²) >= 11 is 5.58. The number of nitrogens with two attached hydrogens (primary N) is 1. The first-order chi connectivity index (χ1) is 6.15. The van der Waals surface area contributed by atoms with Gasteiger partial charge in [0.1, 0.15) is 6.04 Å². The molecule has 1 aliphatic heterocycles. The normalized spacial score (nSPS) is 40.6. The number of hydrogen-bond acceptors (Lipinski definition) is 4. The van der Waals surface area contributed by atoms with Crippen LogP contribution in [0.2, 0.25) is 0 Å². The molecule has 0 aromatic carbocycles. The van der Waals surface area contributed by atoms with Crippen LogP contribution < -0.4 is 21.6 Å². The van der Waals surface area contributed by atoms with E-state index >= 15 is 0 Å². The van der Waals surface area contributed by atoms with Crippen LogP contribution in [0.1, 0.15) is 19.8 Å². The van der Waals surface area contributed by atoms with Crippen molar-refractivity contribution < 1.29 is 5.17 Å². The first-order valence-corrected chi connectivity index (χ1v) is 5.06. The standard InChI is InChI=1S/C7H17ClN4O/c1-5-6(3-2-4-8)10-7(9)11-12(5)13/h5-7,10-12H,2-4,9H2,1H3. The molecule has 0 saturated carbocycles. The monoisotopic (exact) mass is 208 g/mol. The maximum Gasteiger partial charge on any atom is 0.156 e. The molecule has 4 atom stereocenters. The minimum absolute atomic E-state index is 0.0193. The topological polar surface area (TPSA) is 77.6 Å². The Morgan fingerprint density at radius 3 is 2.92 bits per heavy atom. The van der Waals surface area contributed by atoms with Crippen molar-refractivity contribution in [3.05, 3.63) is 5.21 Å². The second kappa shape index (κ2) is 5.09. The van der Waals surface area contributed by atoms with Crippen LogP contribution >= 0.6 is 11.6 Å². The third-order valence-electron chi connectivity index (χ3n) is 2.36. The van der Waals surface area contributed by atoms with Crippen molar-refractivity contribution in [3.8, 4) is 0 Å². The van der Waals surface area contributed by atoms with Crippen molar-refractivity contribution in [2.45, 2.75) is 38.1 Å². The summed E-state index contributed by atoms with van der Waals surface area (Å²) in [5.41, 5.74) is 8.20. The highest BCUT2D eigenvalue weighted by molar-refractivity contribution is 6.17. The molecule has 4 unspecified atom stereocenters. The number of quaternary nitrogens is 1. The summed E-state index contributed by atoms with van der Waals surface area (Å²) in [4.78, 5) is 0. The highest BCUT2D eigenvalue weighted by Gasteiger charge is 2.29. The fourth-order valence-corrected chi connectivity index (χ4v) is 1.67. The molecule has 0 spiro atoms. The second-order valence-corrected chi connectivity index (χ2v) is 3.76. The molecule has 13 heavy (non-hydrogen) atoms. The van der Waals surface area contributed by atoms with Gasteiger partial charge in [-0.1, -0.05) is 0 Å². The molecule has 0 aliphatic carbocycles. The molecule has 5 nitrogen and oxygen atoms in total. The van der Waals surface area contributed by atoms with E-state index < -0.39 is 6.29 Å². The van der Waals surface area contributed by atoms with Gasteiger partial charge in [0, 0.05) is 5.88 Å². The number of rotatable bonds is 3. The van der Waals surface area contributed by atoms with Gasteiger partial charge in [0.2, 0.25) is 0 Å². The van der Waals surface area contributed by atoms with Gasteiger partial charge >= 0.3 is 0 Å². The number of hydroxylamine groups is 1. The lowest BCUT2D eigenvalue weighted by Crippen LogP contribution is -3.22. The summed E-state index contributed by atoms with van der Waals surface area (Å²) in [6.45, 7) is 1.90. The van der Waals surface area contributed by atoms with Crippen LogP contribution in [-0.2, 0) is 0 Å². The summed E-state index contributed by atoms with van der Waals surface area (Å²) in [6, 6.07) is 0.130. The number of hydrogen-bond donors (Lipinski definition) is 4. The van der Waals surface area contributed by atoms with E-state index in [0.717, 1.165) is 12.8 Å². The lowest BCUT2D eigenvalue weighted by molar-refractivity contribution is -0.931. The van der Waals surface area contributed by atoms with Gasteiger partial charge in [-0.15, -0.1) is 17.0 Å². The van der Waals surface area contributed by atoms with E-state index in [2.05, 4.69) is 10.7 Å². The van der Waals surface area contributed by atoms with E-state index in [9.17, 15) is 5.21 Å². The molecule has 0 aromatic heterocycles. The average Bonchev–Trinajstić information content (AvgIpc) is 2.09. The van der Waals surface area contributed by atoms with E-state index in [-0.39, 0.29) is 17.3 Å². The Bertz CT molecular complexity index is 159. The predicted octanol–water partition coefficient (Wildman–Crippen LogP) is -1.50. The van der Waals surface area contributed by atoms with Gasteiger partial charge in [0.15, 0.2) is 6.29 Å². The summed E-state index contributed by atoms with van der Waals surface area (Å²) in [7, 11) is 0. The molecule has 1 aliphatic rings. The molecular formula is C7H17ClN4O. The fraction of sp³-hybridized carbons (Fsp3) is 1.00. The Hall–Kier alpha value is 0.0900. The van der Waals surface area contributed by atoms with Crippen molar-refractivity contribution in [2.75, 3.05) is 5.88 Å². The first-order valence-electron chi connectivity index (χ1n) is 4.53. The molecule has 1 fully saturated rings. The van der Waals surface area contributed by atoms with Crippen LogP contribution in [0.3, 0.4) is 0 Å². The highest BCUT2D eigenvalue weighted by Crippen LogP contribution is 2.03. The zero-order valence-corrected chi connectivity index (χ0v) is 8.47. The maximum atomic E-state index is 11.3. The summed E-state index contributed by atoms with van der Waals surface area (Å²) < 4.78 is 0. The first kappa shape index (κ1) is 11.2. The molecule has 1 saturated heterocycles. The van der Waals surface area contributed by atoms with Crippen LogP contribution in [0.5, 0.6) is 0 Å². The third-order valence-corrected chi connectivity index (χ3v) is 2.62. The van der Waals surface area contributed by atoms with Crippen molar-refractivity contribution in [1.29, 1.82) is 0 Å². The number of alkyl halides is 1. The molecule has 0 radical (unpaired) electrons. The van der Waals surface area contributed by atoms with Crippen LogP contribution in [0.25, 0.3) is 0 Å². The molecule has 78 valence electrons. The lowest BCUT2D eigenvalue weighted by atomic mass is 10.0. The van der Waals surface area contributed by atoms with Crippen molar-refractivity contribution in [1.82, 2.24) is 10.7 Å². The largest absolute Gasteiger partial charge is 0.613 e. The smallest absolute Gasteiger partial charge is 0.156 e. The SMILES string of the molecule is CC1C(CCCCl)NC(N)N[NH+]1[O-]. The molecule has 0 bridgehead atoms. The van der Waals surface area contributed by atoms with Gasteiger partial charge < -0.3 is 5.21 Å². The van der Waals surface area contributed by atoms with Gasteiger partial charge in [-0.3, -0.25) is 16.2 Å². The number of halogens is 1. The van der Waals surface area contributed by atoms with Gasteiger partial charge in [-0.05, 0) is 19.8 Å². The predicted molar refractivity (Wildman–Crippen MR) is 51.8 cm³/mol. The molecular weight excluding hydrogens is 192 g/mol. The van der Waals surface area contributed by atoms with E-state index in [1.54, 1.807) is 0 Å². The summed E-state index contributed by atoms with van der Waals surface area (Å²) in [5, 5.41) is 14.5. The Labute approximate surface area is 83.1 Å². The van der Waals surface area contributed by atoms with Crippen molar-refractivity contribution in [2.24, 2.45) is 5.73 Å². The second-order valence-electron chi connectivity index (χ2n) is 3.38. The highest BCUT2D eigenvalue weighted by atomic mass is 35.5. The van der Waals surface area contributed by atoms with Gasteiger partial charge in [0.05, 0.1) is 6.04 Å². The minimum atomic E-state index is -0.413. The van der Waals surface area contributed by atoms with Gasteiger partial charge in [0.25, 0.3) is 0 Å². The van der Waals surface area contributed by atoms with E-state index in [4.69, 9.17) is 17.3 Å². The van der Waals surface area contributed by atoms with Crippen molar-refractivity contribution >= 4 is 11.6 Å². The molecule has 0 amide bonds. The van der Waals surface area contributed by atoms with Crippen molar-refractivity contribution in [3.63, 3.8) is 0 Å². The quantitative estimate of drug-likeness (QED) is 0.336. The van der Waals surface area contributed by atoms with Crippen LogP contribution in [0.4, 0.5) is 0 Å². The molecule has 5 N–H and O–H groups in total. The Balaban J connectivity index is 2.41. The van der Waals surface area contributed by atoms with E-state index in [1.165, 1.54) is 0 Å². The minimum Gasteiger partial charge on any atom is -0.613 e. The maximum absolute atomic E-state index is 11.3. The summed E-state index contributed by atoms with van der Waals surface area (Å²) in [6.07, 6.45) is 1.39. The zero-order chi connectivity index (χ0) is 9.84. The Morgan fingerprint density at radius 1 is 1.62 bits per heavy atom. The Morgan fingerprint density at radius 2 is 2.31 bits per heavy atom. The Kier molecular flexibility index (Phi) is 4.37. The molecule has 1 heterocycles. The van der Waals surface area contributed by atoms with Crippen LogP contribution in [0, 0.1) is 5.21 Å². The zero-order valence-electron chi connectivity index (χ0n) is 7.72. The average molecular weight is 209 g/mol. The summed E-state index contributed by atoms with van der Waals surface area (Å²) in [5.74, 6) is 0.627. The lowest BCUT2D eigenvalue weighted by Gasteiger charge is -2.42. The fourth-order valence-electron chi connectivity index (χ4n) is 1.51. The third kappa shape index (κ3) is 3.05. The molecule has 6 heteroatoms. The molecule has 1 rings (SSSR count). The molecule has 0 aromatic rings. The number of nitrogens with one attached hydrogen (secondary N) is 3.